The van der Waals surface area contributed by atoms with E-state index in [2.05, 4.69) is 19.2 Å². The standard InChI is InChI=1S/C23H29N3O2S/c1-17(2)13-15-29-23-25-20-6-4-5-7-21(20)26(23)16-22(27)24-14-12-18-8-10-19(28-3)11-9-18/h4-11,17H,12-16H2,1-3H3,(H,24,27). The van der Waals surface area contributed by atoms with Crippen LogP contribution in [0.2, 0.25) is 0 Å². The number of fused-ring (bicyclic) bond motifs is 1. The Balaban J connectivity index is 1.60. The molecule has 0 aliphatic carbocycles. The van der Waals surface area contributed by atoms with Crippen LogP contribution in [0.3, 0.4) is 0 Å². The number of ether oxygens (including phenoxy) is 1. The van der Waals surface area contributed by atoms with Gasteiger partial charge < -0.3 is 14.6 Å². The fourth-order valence-corrected chi connectivity index (χ4v) is 4.29. The molecule has 0 aliphatic heterocycles. The maximum absolute atomic E-state index is 12.6. The maximum atomic E-state index is 12.6. The van der Waals surface area contributed by atoms with E-state index in [1.165, 1.54) is 5.56 Å². The predicted octanol–water partition coefficient (Wildman–Crippen LogP) is 4.54. The fraction of sp³-hybridized carbons (Fsp3) is 0.391. The molecular weight excluding hydrogens is 382 g/mol. The van der Waals surface area contributed by atoms with Crippen molar-refractivity contribution < 1.29 is 9.53 Å². The highest BCUT2D eigenvalue weighted by molar-refractivity contribution is 7.99. The van der Waals surface area contributed by atoms with Crippen molar-refractivity contribution in [2.75, 3.05) is 19.4 Å². The van der Waals surface area contributed by atoms with Crippen molar-refractivity contribution in [2.45, 2.75) is 38.4 Å². The number of carbonyl (C=O) groups excluding carboxylic acids is 1. The molecule has 0 atom stereocenters. The number of para-hydroxylation sites is 2. The third-order valence-corrected chi connectivity index (χ3v) is 5.75. The van der Waals surface area contributed by atoms with Gasteiger partial charge >= 0.3 is 0 Å². The quantitative estimate of drug-likeness (QED) is 0.498. The highest BCUT2D eigenvalue weighted by atomic mass is 32.2. The van der Waals surface area contributed by atoms with Gasteiger partial charge in [-0.05, 0) is 48.6 Å². The summed E-state index contributed by atoms with van der Waals surface area (Å²) in [5.41, 5.74) is 3.11. The predicted molar refractivity (Wildman–Crippen MR) is 120 cm³/mol. The molecule has 5 nitrogen and oxygen atoms in total. The molecule has 0 spiro atoms. The first-order valence-electron chi connectivity index (χ1n) is 10.0. The number of hydrogen-bond donors (Lipinski definition) is 1. The maximum Gasteiger partial charge on any atom is 0.240 e. The minimum Gasteiger partial charge on any atom is -0.497 e. The molecule has 0 radical (unpaired) electrons. The zero-order valence-electron chi connectivity index (χ0n) is 17.4. The Bertz CT molecular complexity index is 935. The van der Waals surface area contributed by atoms with Gasteiger partial charge in [0.05, 0.1) is 18.1 Å². The molecule has 3 rings (SSSR count). The first-order valence-corrected chi connectivity index (χ1v) is 11.0. The molecule has 2 aromatic carbocycles. The number of hydrogen-bond acceptors (Lipinski definition) is 4. The van der Waals surface area contributed by atoms with Gasteiger partial charge in [-0.15, -0.1) is 0 Å². The number of carbonyl (C=O) groups is 1. The fourth-order valence-electron chi connectivity index (χ4n) is 3.04. The van der Waals surface area contributed by atoms with Gasteiger partial charge in [-0.2, -0.15) is 0 Å². The monoisotopic (exact) mass is 411 g/mol. The van der Waals surface area contributed by atoms with Crippen molar-refractivity contribution >= 4 is 28.7 Å². The summed E-state index contributed by atoms with van der Waals surface area (Å²) in [6.07, 6.45) is 1.92. The van der Waals surface area contributed by atoms with Gasteiger partial charge in [0.15, 0.2) is 5.16 Å². The number of benzene rings is 2. The van der Waals surface area contributed by atoms with E-state index in [0.29, 0.717) is 12.5 Å². The molecule has 29 heavy (non-hydrogen) atoms. The van der Waals surface area contributed by atoms with E-state index in [4.69, 9.17) is 9.72 Å². The number of nitrogens with zero attached hydrogens (tertiary/aromatic N) is 2. The third-order valence-electron chi connectivity index (χ3n) is 4.74. The Labute approximate surface area is 176 Å². The number of imidazole rings is 1. The summed E-state index contributed by atoms with van der Waals surface area (Å²) in [6.45, 7) is 5.33. The topological polar surface area (TPSA) is 56.1 Å². The van der Waals surface area contributed by atoms with Crippen molar-refractivity contribution in [1.29, 1.82) is 0 Å². The van der Waals surface area contributed by atoms with Crippen molar-refractivity contribution in [3.05, 3.63) is 54.1 Å². The highest BCUT2D eigenvalue weighted by Gasteiger charge is 2.14. The number of thioether (sulfide) groups is 1. The Hall–Kier alpha value is -2.47. The minimum absolute atomic E-state index is 0.00683. The summed E-state index contributed by atoms with van der Waals surface area (Å²) in [6, 6.07) is 15.9. The summed E-state index contributed by atoms with van der Waals surface area (Å²) in [5, 5.41) is 3.95. The average molecular weight is 412 g/mol. The highest BCUT2D eigenvalue weighted by Crippen LogP contribution is 2.25. The van der Waals surface area contributed by atoms with Gasteiger partial charge in [-0.3, -0.25) is 4.79 Å². The van der Waals surface area contributed by atoms with Gasteiger partial charge in [-0.25, -0.2) is 4.98 Å². The van der Waals surface area contributed by atoms with Gasteiger partial charge in [0.25, 0.3) is 0 Å². The third kappa shape index (κ3) is 6.00. The lowest BCUT2D eigenvalue weighted by molar-refractivity contribution is -0.121. The van der Waals surface area contributed by atoms with Crippen molar-refractivity contribution in [1.82, 2.24) is 14.9 Å². The second kappa shape index (κ2) is 10.3. The van der Waals surface area contributed by atoms with Gasteiger partial charge in [0, 0.05) is 12.3 Å². The van der Waals surface area contributed by atoms with Crippen LogP contribution >= 0.6 is 11.8 Å². The number of aromatic nitrogens is 2. The van der Waals surface area contributed by atoms with Crippen LogP contribution in [0, 0.1) is 5.92 Å². The lowest BCUT2D eigenvalue weighted by atomic mass is 10.1. The van der Waals surface area contributed by atoms with Crippen LogP contribution in [0.4, 0.5) is 0 Å². The Morgan fingerprint density at radius 1 is 1.17 bits per heavy atom. The lowest BCUT2D eigenvalue weighted by Crippen LogP contribution is -2.29. The Morgan fingerprint density at radius 3 is 2.66 bits per heavy atom. The molecule has 1 aromatic heterocycles. The first-order chi connectivity index (χ1) is 14.1. The van der Waals surface area contributed by atoms with Crippen LogP contribution in [0.25, 0.3) is 11.0 Å². The molecular formula is C23H29N3O2S. The van der Waals surface area contributed by atoms with E-state index < -0.39 is 0 Å². The van der Waals surface area contributed by atoms with Crippen molar-refractivity contribution in [2.24, 2.45) is 5.92 Å². The zero-order valence-corrected chi connectivity index (χ0v) is 18.2. The van der Waals surface area contributed by atoms with Crippen LogP contribution in [-0.2, 0) is 17.8 Å². The molecule has 0 saturated heterocycles. The summed E-state index contributed by atoms with van der Waals surface area (Å²) < 4.78 is 7.21. The molecule has 1 N–H and O–H groups in total. The molecule has 0 bridgehead atoms. The number of amides is 1. The summed E-state index contributed by atoms with van der Waals surface area (Å²) >= 11 is 1.73. The van der Waals surface area contributed by atoms with Gasteiger partial charge in [0.2, 0.25) is 5.91 Å². The smallest absolute Gasteiger partial charge is 0.240 e. The molecule has 0 saturated carbocycles. The van der Waals surface area contributed by atoms with Gasteiger partial charge in [0.1, 0.15) is 12.3 Å². The van der Waals surface area contributed by atoms with E-state index in [1.54, 1.807) is 18.9 Å². The summed E-state index contributed by atoms with van der Waals surface area (Å²) in [4.78, 5) is 17.3. The zero-order chi connectivity index (χ0) is 20.6. The molecule has 1 heterocycles. The van der Waals surface area contributed by atoms with Crippen LogP contribution in [-0.4, -0.2) is 34.9 Å². The molecule has 0 fully saturated rings. The van der Waals surface area contributed by atoms with Crippen LogP contribution in [0.15, 0.2) is 53.7 Å². The molecule has 6 heteroatoms. The average Bonchev–Trinajstić information content (AvgIpc) is 3.05. The van der Waals surface area contributed by atoms with Crippen LogP contribution in [0.1, 0.15) is 25.8 Å². The lowest BCUT2D eigenvalue weighted by Gasteiger charge is -2.10. The number of rotatable bonds is 10. The molecule has 1 amide bonds. The number of methoxy groups -OCH3 is 1. The SMILES string of the molecule is COc1ccc(CCNC(=O)Cn2c(SCCC(C)C)nc3ccccc32)cc1. The first kappa shape index (κ1) is 21.2. The summed E-state index contributed by atoms with van der Waals surface area (Å²) in [7, 11) is 1.66. The normalized spacial score (nSPS) is 11.2. The van der Waals surface area contributed by atoms with E-state index in [0.717, 1.165) is 40.5 Å². The number of nitrogens with one attached hydrogen (secondary N) is 1. The van der Waals surface area contributed by atoms with E-state index >= 15 is 0 Å². The minimum atomic E-state index is 0.00683. The van der Waals surface area contributed by atoms with E-state index in [1.807, 2.05) is 53.1 Å². The molecule has 154 valence electrons. The molecule has 3 aromatic rings. The Morgan fingerprint density at radius 2 is 1.93 bits per heavy atom. The van der Waals surface area contributed by atoms with Gasteiger partial charge in [-0.1, -0.05) is 49.9 Å². The second-order valence-corrected chi connectivity index (χ2v) is 8.51. The van der Waals surface area contributed by atoms with Crippen LogP contribution in [0.5, 0.6) is 5.75 Å². The van der Waals surface area contributed by atoms with Crippen molar-refractivity contribution in [3.63, 3.8) is 0 Å². The molecule has 0 aliphatic rings. The van der Waals surface area contributed by atoms with Crippen molar-refractivity contribution in [3.8, 4) is 5.75 Å². The molecule has 0 unspecified atom stereocenters. The van der Waals surface area contributed by atoms with Crippen LogP contribution < -0.4 is 10.1 Å². The second-order valence-electron chi connectivity index (χ2n) is 7.45. The largest absolute Gasteiger partial charge is 0.497 e. The summed E-state index contributed by atoms with van der Waals surface area (Å²) in [5.74, 6) is 2.50. The van der Waals surface area contributed by atoms with E-state index in [-0.39, 0.29) is 12.5 Å². The Kier molecular flexibility index (Phi) is 7.58. The van der Waals surface area contributed by atoms with E-state index in [9.17, 15) is 4.79 Å².